The summed E-state index contributed by atoms with van der Waals surface area (Å²) in [4.78, 5) is 14.7. The van der Waals surface area contributed by atoms with Crippen LogP contribution in [0.5, 0.6) is 0 Å². The number of nitrogens with one attached hydrogen (secondary N) is 2. The van der Waals surface area contributed by atoms with Crippen LogP contribution in [0.3, 0.4) is 0 Å². The van der Waals surface area contributed by atoms with E-state index in [9.17, 15) is 4.79 Å². The Balaban J connectivity index is 1.21. The van der Waals surface area contributed by atoms with Crippen molar-refractivity contribution in [3.05, 3.63) is 35.4 Å². The number of benzene rings is 1. The van der Waals surface area contributed by atoms with Crippen molar-refractivity contribution in [2.75, 3.05) is 26.2 Å². The first kappa shape index (κ1) is 16.9. The molecular formula is C20H29N3O2. The molecule has 0 bridgehead atoms. The summed E-state index contributed by atoms with van der Waals surface area (Å²) in [5.74, 6) is 0.486. The van der Waals surface area contributed by atoms with Gasteiger partial charge >= 0.3 is 6.03 Å². The lowest BCUT2D eigenvalue weighted by Gasteiger charge is -2.54. The van der Waals surface area contributed by atoms with Crippen LogP contribution in [0.4, 0.5) is 4.79 Å². The van der Waals surface area contributed by atoms with E-state index >= 15 is 0 Å². The van der Waals surface area contributed by atoms with Crippen molar-refractivity contribution in [3.63, 3.8) is 0 Å². The maximum Gasteiger partial charge on any atom is 0.315 e. The largest absolute Gasteiger partial charge is 0.377 e. The Morgan fingerprint density at radius 1 is 1.32 bits per heavy atom. The number of urea groups is 1. The summed E-state index contributed by atoms with van der Waals surface area (Å²) in [7, 11) is 0. The third-order valence-electron chi connectivity index (χ3n) is 6.31. The molecule has 1 aliphatic carbocycles. The first-order chi connectivity index (χ1) is 12.1. The van der Waals surface area contributed by atoms with Gasteiger partial charge in [-0.15, -0.1) is 0 Å². The van der Waals surface area contributed by atoms with E-state index in [1.54, 1.807) is 0 Å². The highest BCUT2D eigenvalue weighted by Gasteiger charge is 2.59. The molecule has 2 heterocycles. The molecule has 3 atom stereocenters. The van der Waals surface area contributed by atoms with Crippen LogP contribution in [0.25, 0.3) is 0 Å². The lowest BCUT2D eigenvalue weighted by atomic mass is 9.57. The van der Waals surface area contributed by atoms with Crippen LogP contribution in [0.1, 0.15) is 31.4 Å². The van der Waals surface area contributed by atoms with Crippen molar-refractivity contribution in [2.45, 2.75) is 45.4 Å². The van der Waals surface area contributed by atoms with Crippen molar-refractivity contribution in [1.82, 2.24) is 15.5 Å². The number of carbonyl (C=O) groups is 1. The normalized spacial score (nSPS) is 30.1. The van der Waals surface area contributed by atoms with Gasteiger partial charge in [-0.25, -0.2) is 4.79 Å². The number of amides is 2. The van der Waals surface area contributed by atoms with E-state index in [0.29, 0.717) is 18.6 Å². The summed E-state index contributed by atoms with van der Waals surface area (Å²) < 4.78 is 5.79. The van der Waals surface area contributed by atoms with Crippen LogP contribution in [-0.2, 0) is 17.7 Å². The van der Waals surface area contributed by atoms with Crippen LogP contribution in [0.2, 0.25) is 0 Å². The molecule has 4 rings (SSSR count). The highest BCUT2D eigenvalue weighted by molar-refractivity contribution is 5.74. The number of nitrogens with zero attached hydrogens (tertiary/aromatic N) is 1. The zero-order valence-electron chi connectivity index (χ0n) is 15.3. The van der Waals surface area contributed by atoms with E-state index in [1.807, 2.05) is 0 Å². The standard InChI is InChI=1S/C20H29N3O2/c1-20(2)17(16-8-12-25-18(16)20)22-19(24)21-9-11-23-10-7-14-5-3-4-6-15(14)13-23/h3-6,16-18H,7-13H2,1-2H3,(H2,21,22,24)/t16-,17+,18+/m0/s1. The SMILES string of the molecule is CC1(C)[C@H](NC(=O)NCCN2CCc3ccccc3C2)[C@@H]2CCO[C@H]21. The molecule has 3 aliphatic rings. The Morgan fingerprint density at radius 3 is 2.96 bits per heavy atom. The average Bonchev–Trinajstić information content (AvgIpc) is 3.07. The van der Waals surface area contributed by atoms with E-state index in [1.165, 1.54) is 11.1 Å². The molecule has 25 heavy (non-hydrogen) atoms. The third-order valence-corrected chi connectivity index (χ3v) is 6.31. The number of ether oxygens (including phenoxy) is 1. The minimum absolute atomic E-state index is 0.0368. The summed E-state index contributed by atoms with van der Waals surface area (Å²) in [5.41, 5.74) is 2.92. The van der Waals surface area contributed by atoms with Gasteiger partial charge in [-0.1, -0.05) is 38.1 Å². The number of fused-ring (bicyclic) bond motifs is 2. The Morgan fingerprint density at radius 2 is 2.12 bits per heavy atom. The predicted octanol–water partition coefficient (Wildman–Crippen LogP) is 2.16. The maximum atomic E-state index is 12.3. The van der Waals surface area contributed by atoms with Crippen LogP contribution in [0, 0.1) is 11.3 Å². The van der Waals surface area contributed by atoms with Crippen LogP contribution in [0.15, 0.2) is 24.3 Å². The summed E-state index contributed by atoms with van der Waals surface area (Å²) in [5, 5.41) is 6.22. The topological polar surface area (TPSA) is 53.6 Å². The molecule has 5 heteroatoms. The molecule has 1 aromatic carbocycles. The Hall–Kier alpha value is -1.59. The van der Waals surface area contributed by atoms with Gasteiger partial charge in [0.05, 0.1) is 6.10 Å². The van der Waals surface area contributed by atoms with Gasteiger partial charge in [0.2, 0.25) is 0 Å². The highest BCUT2D eigenvalue weighted by Crippen LogP contribution is 2.52. The van der Waals surface area contributed by atoms with Crippen molar-refractivity contribution in [1.29, 1.82) is 0 Å². The van der Waals surface area contributed by atoms with Crippen molar-refractivity contribution >= 4 is 6.03 Å². The van der Waals surface area contributed by atoms with Gasteiger partial charge in [0.15, 0.2) is 0 Å². The fraction of sp³-hybridized carbons (Fsp3) is 0.650. The van der Waals surface area contributed by atoms with Crippen molar-refractivity contribution in [2.24, 2.45) is 11.3 Å². The number of rotatable bonds is 4. The molecule has 2 N–H and O–H groups in total. The van der Waals surface area contributed by atoms with Crippen molar-refractivity contribution < 1.29 is 9.53 Å². The zero-order chi connectivity index (χ0) is 17.4. The molecule has 2 fully saturated rings. The van der Waals surface area contributed by atoms with Gasteiger partial charge < -0.3 is 15.4 Å². The second-order valence-electron chi connectivity index (χ2n) is 8.24. The second-order valence-corrected chi connectivity index (χ2v) is 8.24. The average molecular weight is 343 g/mol. The number of carbonyl (C=O) groups excluding carboxylic acids is 1. The Kier molecular flexibility index (Phi) is 4.46. The lowest BCUT2D eigenvalue weighted by Crippen LogP contribution is -2.67. The minimum atomic E-state index is -0.0409. The van der Waals surface area contributed by atoms with E-state index < -0.39 is 0 Å². The molecule has 5 nitrogen and oxygen atoms in total. The van der Waals surface area contributed by atoms with Gasteiger partial charge in [-0.05, 0) is 24.0 Å². The summed E-state index contributed by atoms with van der Waals surface area (Å²) in [6.07, 6.45) is 2.47. The van der Waals surface area contributed by atoms with Gasteiger partial charge in [-0.3, -0.25) is 4.90 Å². The molecule has 0 radical (unpaired) electrons. The quantitative estimate of drug-likeness (QED) is 0.881. The molecule has 0 spiro atoms. The van der Waals surface area contributed by atoms with Crippen LogP contribution < -0.4 is 10.6 Å². The number of hydrogen-bond donors (Lipinski definition) is 2. The second kappa shape index (κ2) is 6.61. The highest BCUT2D eigenvalue weighted by atomic mass is 16.5. The Labute approximate surface area is 150 Å². The third kappa shape index (κ3) is 3.15. The van der Waals surface area contributed by atoms with Gasteiger partial charge in [0.25, 0.3) is 0 Å². The molecule has 136 valence electrons. The molecule has 0 aromatic heterocycles. The minimum Gasteiger partial charge on any atom is -0.377 e. The maximum absolute atomic E-state index is 12.3. The first-order valence-electron chi connectivity index (χ1n) is 9.51. The lowest BCUT2D eigenvalue weighted by molar-refractivity contribution is -0.108. The van der Waals surface area contributed by atoms with E-state index in [0.717, 1.165) is 39.1 Å². The summed E-state index contributed by atoms with van der Waals surface area (Å²) in [6, 6.07) is 8.83. The first-order valence-corrected chi connectivity index (χ1v) is 9.51. The van der Waals surface area contributed by atoms with E-state index in [4.69, 9.17) is 4.74 Å². The smallest absolute Gasteiger partial charge is 0.315 e. The molecule has 1 saturated heterocycles. The fourth-order valence-electron chi connectivity index (χ4n) is 4.88. The fourth-order valence-corrected chi connectivity index (χ4v) is 4.88. The Bertz CT molecular complexity index is 646. The van der Waals surface area contributed by atoms with Gasteiger partial charge in [-0.2, -0.15) is 0 Å². The van der Waals surface area contributed by atoms with E-state index in [-0.39, 0.29) is 17.5 Å². The summed E-state index contributed by atoms with van der Waals surface area (Å²) in [6.45, 7) is 8.84. The van der Waals surface area contributed by atoms with Crippen molar-refractivity contribution in [3.8, 4) is 0 Å². The molecule has 0 unspecified atom stereocenters. The van der Waals surface area contributed by atoms with E-state index in [2.05, 4.69) is 53.6 Å². The molecule has 1 aromatic rings. The van der Waals surface area contributed by atoms with Crippen LogP contribution in [-0.4, -0.2) is 49.3 Å². The monoisotopic (exact) mass is 343 g/mol. The molecular weight excluding hydrogens is 314 g/mol. The van der Waals surface area contributed by atoms with Gasteiger partial charge in [0, 0.05) is 50.2 Å². The molecule has 1 saturated carbocycles. The van der Waals surface area contributed by atoms with Gasteiger partial charge in [0.1, 0.15) is 0 Å². The molecule has 2 amide bonds. The molecule has 2 aliphatic heterocycles. The van der Waals surface area contributed by atoms with Crippen LogP contribution >= 0.6 is 0 Å². The summed E-state index contributed by atoms with van der Waals surface area (Å²) >= 11 is 0. The predicted molar refractivity (Wildman–Crippen MR) is 97.4 cm³/mol. The zero-order valence-corrected chi connectivity index (χ0v) is 15.3. The number of hydrogen-bond acceptors (Lipinski definition) is 3.